The van der Waals surface area contributed by atoms with Gasteiger partial charge < -0.3 is 0 Å². The molecule has 0 N–H and O–H groups in total. The number of rotatable bonds is 1. The Labute approximate surface area is 83.7 Å². The van der Waals surface area contributed by atoms with Gasteiger partial charge in [-0.1, -0.05) is 18.2 Å². The highest BCUT2D eigenvalue weighted by molar-refractivity contribution is 7.97. The fourth-order valence-electron chi connectivity index (χ4n) is 1.93. The lowest BCUT2D eigenvalue weighted by molar-refractivity contribution is 0.756. The van der Waals surface area contributed by atoms with Crippen LogP contribution >= 0.6 is 0 Å². The second-order valence-electron chi connectivity index (χ2n) is 3.73. The molecule has 0 bridgehead atoms. The van der Waals surface area contributed by atoms with Gasteiger partial charge in [-0.25, -0.2) is 0 Å². The van der Waals surface area contributed by atoms with E-state index in [0.29, 0.717) is 10.9 Å². The Bertz CT molecular complexity index is 274. The first-order valence-corrected chi connectivity index (χ1v) is 6.67. The van der Waals surface area contributed by atoms with Crippen molar-refractivity contribution in [2.75, 3.05) is 11.5 Å². The van der Waals surface area contributed by atoms with Gasteiger partial charge in [0.1, 0.15) is 11.5 Å². The summed E-state index contributed by atoms with van der Waals surface area (Å²) in [6.07, 6.45) is 4.34. The second kappa shape index (κ2) is 4.19. The molecule has 0 radical (unpaired) electrons. The molecule has 0 aliphatic carbocycles. The monoisotopic (exact) mass is 193 g/mol. The standard InChI is InChI=1S/C12H17S/c1-11-7-3-4-8-12(11)13-9-5-2-6-10-13/h3-4,7-8H,2,5-6,9-10H2,1H3/q+1. The van der Waals surface area contributed by atoms with Gasteiger partial charge in [-0.2, -0.15) is 0 Å². The average molecular weight is 193 g/mol. The molecule has 1 heteroatoms. The third kappa shape index (κ3) is 2.08. The SMILES string of the molecule is Cc1ccccc1[S+]1CCCCC1. The van der Waals surface area contributed by atoms with Crippen LogP contribution in [0.3, 0.4) is 0 Å². The molecule has 0 saturated carbocycles. The summed E-state index contributed by atoms with van der Waals surface area (Å²) in [7, 11) is 0.580. The zero-order valence-electron chi connectivity index (χ0n) is 8.25. The van der Waals surface area contributed by atoms with Crippen molar-refractivity contribution in [2.45, 2.75) is 31.1 Å². The Morgan fingerprint density at radius 1 is 1.00 bits per heavy atom. The average Bonchev–Trinajstić information content (AvgIpc) is 2.20. The van der Waals surface area contributed by atoms with E-state index in [4.69, 9.17) is 0 Å². The highest BCUT2D eigenvalue weighted by atomic mass is 32.2. The van der Waals surface area contributed by atoms with E-state index in [0.717, 1.165) is 0 Å². The molecule has 1 aliphatic rings. The molecule has 1 fully saturated rings. The van der Waals surface area contributed by atoms with Crippen molar-refractivity contribution in [2.24, 2.45) is 0 Å². The number of aryl methyl sites for hydroxylation is 1. The summed E-state index contributed by atoms with van der Waals surface area (Å²) in [6.45, 7) is 2.25. The topological polar surface area (TPSA) is 0 Å². The molecule has 1 saturated heterocycles. The molecule has 70 valence electrons. The number of hydrogen-bond acceptors (Lipinski definition) is 0. The number of benzene rings is 1. The van der Waals surface area contributed by atoms with Gasteiger partial charge in [0, 0.05) is 16.5 Å². The smallest absolute Gasteiger partial charge is 0.0616 e. The van der Waals surface area contributed by atoms with Gasteiger partial charge in [0.15, 0.2) is 4.90 Å². The third-order valence-corrected chi connectivity index (χ3v) is 5.33. The van der Waals surface area contributed by atoms with Crippen LogP contribution in [0.5, 0.6) is 0 Å². The molecule has 2 rings (SSSR count). The number of hydrogen-bond donors (Lipinski definition) is 0. The third-order valence-electron chi connectivity index (χ3n) is 2.69. The Balaban J connectivity index is 2.18. The summed E-state index contributed by atoms with van der Waals surface area (Å²) in [5.74, 6) is 2.87. The van der Waals surface area contributed by atoms with E-state index in [2.05, 4.69) is 31.2 Å². The molecule has 0 aromatic heterocycles. The van der Waals surface area contributed by atoms with Crippen molar-refractivity contribution >= 4 is 10.9 Å². The molecule has 0 unspecified atom stereocenters. The highest BCUT2D eigenvalue weighted by Crippen LogP contribution is 2.24. The summed E-state index contributed by atoms with van der Waals surface area (Å²) in [4.78, 5) is 1.63. The maximum absolute atomic E-state index is 2.32. The van der Waals surface area contributed by atoms with Crippen molar-refractivity contribution in [3.05, 3.63) is 29.8 Å². The molecular formula is C12H17S+. The zero-order valence-corrected chi connectivity index (χ0v) is 9.07. The van der Waals surface area contributed by atoms with Crippen LogP contribution in [0.2, 0.25) is 0 Å². The summed E-state index contributed by atoms with van der Waals surface area (Å²) in [5, 5.41) is 0. The normalized spacial score (nSPS) is 18.8. The minimum absolute atomic E-state index is 0.580. The molecule has 13 heavy (non-hydrogen) atoms. The van der Waals surface area contributed by atoms with Crippen LogP contribution in [-0.4, -0.2) is 11.5 Å². The predicted octanol–water partition coefficient (Wildman–Crippen LogP) is 3.16. The molecule has 0 atom stereocenters. The summed E-state index contributed by atoms with van der Waals surface area (Å²) >= 11 is 0. The van der Waals surface area contributed by atoms with Gasteiger partial charge in [0.2, 0.25) is 0 Å². The highest BCUT2D eigenvalue weighted by Gasteiger charge is 2.25. The molecule has 0 nitrogen and oxygen atoms in total. The fraction of sp³-hybridized carbons (Fsp3) is 0.500. The Hall–Kier alpha value is -0.430. The molecule has 1 heterocycles. The van der Waals surface area contributed by atoms with Crippen LogP contribution in [0, 0.1) is 6.92 Å². The molecule has 0 spiro atoms. The fourth-order valence-corrected chi connectivity index (χ4v) is 4.48. The van der Waals surface area contributed by atoms with E-state index in [-0.39, 0.29) is 0 Å². The quantitative estimate of drug-likeness (QED) is 0.601. The molecular weight excluding hydrogens is 176 g/mol. The van der Waals surface area contributed by atoms with Gasteiger partial charge in [-0.3, -0.25) is 0 Å². The summed E-state index contributed by atoms with van der Waals surface area (Å²) < 4.78 is 0. The van der Waals surface area contributed by atoms with Gasteiger partial charge in [-0.15, -0.1) is 0 Å². The van der Waals surface area contributed by atoms with Crippen LogP contribution in [0.15, 0.2) is 29.2 Å². The lowest BCUT2D eigenvalue weighted by Crippen LogP contribution is -2.18. The Morgan fingerprint density at radius 2 is 1.69 bits per heavy atom. The van der Waals surface area contributed by atoms with Crippen LogP contribution in [-0.2, 0) is 10.9 Å². The minimum atomic E-state index is 0.580. The Kier molecular flexibility index (Phi) is 2.94. The minimum Gasteiger partial charge on any atom is -0.0616 e. The van der Waals surface area contributed by atoms with Crippen LogP contribution in [0.4, 0.5) is 0 Å². The van der Waals surface area contributed by atoms with Gasteiger partial charge in [-0.05, 0) is 32.3 Å². The lowest BCUT2D eigenvalue weighted by atomic mass is 10.2. The maximum atomic E-state index is 2.32. The van der Waals surface area contributed by atoms with E-state index in [1.54, 1.807) is 4.90 Å². The van der Waals surface area contributed by atoms with Gasteiger partial charge in [0.05, 0.1) is 0 Å². The lowest BCUT2D eigenvalue weighted by Gasteiger charge is -2.14. The van der Waals surface area contributed by atoms with Crippen molar-refractivity contribution in [1.82, 2.24) is 0 Å². The first-order valence-electron chi connectivity index (χ1n) is 5.11. The molecule has 1 aromatic carbocycles. The van der Waals surface area contributed by atoms with Gasteiger partial charge >= 0.3 is 0 Å². The van der Waals surface area contributed by atoms with E-state index in [9.17, 15) is 0 Å². The summed E-state index contributed by atoms with van der Waals surface area (Å²) in [5.41, 5.74) is 1.49. The van der Waals surface area contributed by atoms with Crippen molar-refractivity contribution in [3.8, 4) is 0 Å². The van der Waals surface area contributed by atoms with Crippen molar-refractivity contribution in [1.29, 1.82) is 0 Å². The van der Waals surface area contributed by atoms with Crippen LogP contribution in [0.25, 0.3) is 0 Å². The largest absolute Gasteiger partial charge is 0.157 e. The second-order valence-corrected chi connectivity index (χ2v) is 5.97. The maximum Gasteiger partial charge on any atom is 0.157 e. The van der Waals surface area contributed by atoms with Crippen LogP contribution in [0.1, 0.15) is 24.8 Å². The summed E-state index contributed by atoms with van der Waals surface area (Å²) in [6, 6.07) is 8.90. The van der Waals surface area contributed by atoms with E-state index in [1.807, 2.05) is 0 Å². The predicted molar refractivity (Wildman–Crippen MR) is 60.4 cm³/mol. The molecule has 1 aromatic rings. The van der Waals surface area contributed by atoms with E-state index < -0.39 is 0 Å². The molecule has 1 aliphatic heterocycles. The van der Waals surface area contributed by atoms with E-state index >= 15 is 0 Å². The van der Waals surface area contributed by atoms with E-state index in [1.165, 1.54) is 36.3 Å². The Morgan fingerprint density at radius 3 is 2.38 bits per heavy atom. The van der Waals surface area contributed by atoms with Crippen molar-refractivity contribution in [3.63, 3.8) is 0 Å². The van der Waals surface area contributed by atoms with Crippen LogP contribution < -0.4 is 0 Å². The first kappa shape index (κ1) is 9.14. The zero-order chi connectivity index (χ0) is 9.10. The van der Waals surface area contributed by atoms with Crippen molar-refractivity contribution < 1.29 is 0 Å². The van der Waals surface area contributed by atoms with Gasteiger partial charge in [0.25, 0.3) is 0 Å². The molecule has 0 amide bonds. The first-order chi connectivity index (χ1) is 6.38.